The molecule has 0 atom stereocenters. The lowest BCUT2D eigenvalue weighted by molar-refractivity contribution is -0.138. The van der Waals surface area contributed by atoms with E-state index in [2.05, 4.69) is 0 Å². The third kappa shape index (κ3) is 3.86. The first kappa shape index (κ1) is 18.0. The summed E-state index contributed by atoms with van der Waals surface area (Å²) in [6.45, 7) is 3.82. The summed E-state index contributed by atoms with van der Waals surface area (Å²) in [7, 11) is 0. The van der Waals surface area contributed by atoms with Gasteiger partial charge in [0, 0.05) is 28.1 Å². The van der Waals surface area contributed by atoms with Crippen LogP contribution in [0.4, 0.5) is 0 Å². The van der Waals surface area contributed by atoms with Crippen molar-refractivity contribution in [1.82, 2.24) is 0 Å². The van der Waals surface area contributed by atoms with E-state index in [0.717, 1.165) is 22.1 Å². The molecule has 0 saturated carbocycles. The molecular formula is C21H17ClO4. The normalized spacial score (nSPS) is 11.2. The monoisotopic (exact) mass is 368 g/mol. The van der Waals surface area contributed by atoms with Gasteiger partial charge in [-0.1, -0.05) is 41.9 Å². The van der Waals surface area contributed by atoms with E-state index in [4.69, 9.17) is 20.8 Å². The standard InChI is InChI=1S/C21H17ClO4/c1-13-7-9-17-16(11-20(24)26-21(17)14(13)2)12-25-19(23)10-8-15-5-3-4-6-18(15)22/h3-11H,12H2,1-2H3. The molecule has 0 saturated heterocycles. The largest absolute Gasteiger partial charge is 0.458 e. The van der Waals surface area contributed by atoms with Crippen LogP contribution in [0.3, 0.4) is 0 Å². The third-order valence-corrected chi connectivity index (χ3v) is 4.54. The number of fused-ring (bicyclic) bond motifs is 1. The lowest BCUT2D eigenvalue weighted by Gasteiger charge is -2.09. The van der Waals surface area contributed by atoms with E-state index in [9.17, 15) is 9.59 Å². The molecule has 0 bridgehead atoms. The molecule has 0 unspecified atom stereocenters. The lowest BCUT2D eigenvalue weighted by atomic mass is 10.0. The summed E-state index contributed by atoms with van der Waals surface area (Å²) in [4.78, 5) is 23.8. The van der Waals surface area contributed by atoms with Gasteiger partial charge in [-0.15, -0.1) is 0 Å². The fourth-order valence-electron chi connectivity index (χ4n) is 2.61. The Bertz CT molecular complexity index is 1060. The summed E-state index contributed by atoms with van der Waals surface area (Å²) < 4.78 is 10.6. The van der Waals surface area contributed by atoms with Gasteiger partial charge in [0.25, 0.3) is 0 Å². The van der Waals surface area contributed by atoms with E-state index in [1.165, 1.54) is 12.1 Å². The number of carbonyl (C=O) groups excluding carboxylic acids is 1. The lowest BCUT2D eigenvalue weighted by Crippen LogP contribution is -2.06. The second kappa shape index (κ2) is 7.58. The van der Waals surface area contributed by atoms with Crippen LogP contribution >= 0.6 is 11.6 Å². The van der Waals surface area contributed by atoms with Crippen molar-refractivity contribution in [2.45, 2.75) is 20.5 Å². The molecule has 0 N–H and O–H groups in total. The van der Waals surface area contributed by atoms with Gasteiger partial charge < -0.3 is 9.15 Å². The molecule has 4 nitrogen and oxygen atoms in total. The van der Waals surface area contributed by atoms with Gasteiger partial charge in [0.15, 0.2) is 0 Å². The van der Waals surface area contributed by atoms with Gasteiger partial charge in [0.2, 0.25) is 0 Å². The summed E-state index contributed by atoms with van der Waals surface area (Å²) in [6.07, 6.45) is 2.90. The number of hydrogen-bond acceptors (Lipinski definition) is 4. The highest BCUT2D eigenvalue weighted by Crippen LogP contribution is 2.23. The quantitative estimate of drug-likeness (QED) is 0.376. The van der Waals surface area contributed by atoms with E-state index in [1.807, 2.05) is 38.1 Å². The minimum Gasteiger partial charge on any atom is -0.458 e. The zero-order valence-electron chi connectivity index (χ0n) is 14.4. The number of ether oxygens (including phenoxy) is 1. The van der Waals surface area contributed by atoms with Gasteiger partial charge in [-0.3, -0.25) is 0 Å². The molecule has 132 valence electrons. The molecule has 5 heteroatoms. The van der Waals surface area contributed by atoms with E-state index in [0.29, 0.717) is 16.2 Å². The van der Waals surface area contributed by atoms with Crippen LogP contribution in [0.25, 0.3) is 17.0 Å². The van der Waals surface area contributed by atoms with Crippen molar-refractivity contribution < 1.29 is 13.9 Å². The zero-order valence-corrected chi connectivity index (χ0v) is 15.2. The summed E-state index contributed by atoms with van der Waals surface area (Å²) >= 11 is 6.04. The number of carbonyl (C=O) groups is 1. The van der Waals surface area contributed by atoms with Gasteiger partial charge in [0.1, 0.15) is 12.2 Å². The molecular weight excluding hydrogens is 352 g/mol. The molecule has 3 aromatic rings. The van der Waals surface area contributed by atoms with Crippen molar-refractivity contribution in [2.75, 3.05) is 0 Å². The van der Waals surface area contributed by atoms with Gasteiger partial charge in [0.05, 0.1) is 0 Å². The minimum atomic E-state index is -0.518. The molecule has 0 aliphatic carbocycles. The molecule has 0 radical (unpaired) electrons. The molecule has 0 spiro atoms. The Hall–Kier alpha value is -2.85. The van der Waals surface area contributed by atoms with E-state index in [-0.39, 0.29) is 6.61 Å². The van der Waals surface area contributed by atoms with Crippen LogP contribution in [0.2, 0.25) is 5.02 Å². The smallest absolute Gasteiger partial charge is 0.336 e. The fourth-order valence-corrected chi connectivity index (χ4v) is 2.81. The highest BCUT2D eigenvalue weighted by Gasteiger charge is 2.11. The maximum absolute atomic E-state index is 12.0. The number of esters is 1. The maximum Gasteiger partial charge on any atom is 0.336 e. The molecule has 0 aliphatic heterocycles. The van der Waals surface area contributed by atoms with Crippen molar-refractivity contribution in [3.63, 3.8) is 0 Å². The van der Waals surface area contributed by atoms with E-state index in [1.54, 1.807) is 18.2 Å². The molecule has 26 heavy (non-hydrogen) atoms. The van der Waals surface area contributed by atoms with Gasteiger partial charge >= 0.3 is 11.6 Å². The van der Waals surface area contributed by atoms with Crippen LogP contribution in [0, 0.1) is 13.8 Å². The summed E-state index contributed by atoms with van der Waals surface area (Å²) in [5.41, 5.74) is 3.31. The molecule has 0 amide bonds. The highest BCUT2D eigenvalue weighted by molar-refractivity contribution is 6.32. The van der Waals surface area contributed by atoms with Crippen LogP contribution in [0.15, 0.2) is 57.8 Å². The second-order valence-corrected chi connectivity index (χ2v) is 6.34. The van der Waals surface area contributed by atoms with Crippen molar-refractivity contribution in [1.29, 1.82) is 0 Å². The number of aryl methyl sites for hydroxylation is 2. The maximum atomic E-state index is 12.0. The van der Waals surface area contributed by atoms with Crippen molar-refractivity contribution in [3.05, 3.63) is 86.2 Å². The average molecular weight is 369 g/mol. The van der Waals surface area contributed by atoms with Crippen molar-refractivity contribution >= 4 is 34.6 Å². The Morgan fingerprint density at radius 3 is 2.73 bits per heavy atom. The SMILES string of the molecule is Cc1ccc2c(COC(=O)C=Cc3ccccc3Cl)cc(=O)oc2c1C. The molecule has 3 rings (SSSR count). The fraction of sp³-hybridized carbons (Fsp3) is 0.143. The molecule has 0 aliphatic rings. The Balaban J connectivity index is 1.80. The number of hydrogen-bond donors (Lipinski definition) is 0. The Kier molecular flexibility index (Phi) is 5.24. The van der Waals surface area contributed by atoms with Crippen LogP contribution in [-0.2, 0) is 16.1 Å². The number of rotatable bonds is 4. The first-order valence-corrected chi connectivity index (χ1v) is 8.46. The third-order valence-electron chi connectivity index (χ3n) is 4.19. The summed E-state index contributed by atoms with van der Waals surface area (Å²) in [5.74, 6) is -0.518. The van der Waals surface area contributed by atoms with Crippen LogP contribution < -0.4 is 5.63 Å². The van der Waals surface area contributed by atoms with Gasteiger partial charge in [-0.05, 0) is 42.7 Å². The number of benzene rings is 2. The van der Waals surface area contributed by atoms with Crippen LogP contribution in [0.1, 0.15) is 22.3 Å². The van der Waals surface area contributed by atoms with E-state index < -0.39 is 11.6 Å². The average Bonchev–Trinajstić information content (AvgIpc) is 2.62. The van der Waals surface area contributed by atoms with E-state index >= 15 is 0 Å². The van der Waals surface area contributed by atoms with Gasteiger partial charge in [-0.2, -0.15) is 0 Å². The zero-order chi connectivity index (χ0) is 18.7. The topological polar surface area (TPSA) is 56.5 Å². The minimum absolute atomic E-state index is 0.0176. The molecule has 1 heterocycles. The number of halogens is 1. The second-order valence-electron chi connectivity index (χ2n) is 5.94. The molecule has 1 aromatic heterocycles. The first-order valence-electron chi connectivity index (χ1n) is 8.08. The molecule has 2 aromatic carbocycles. The van der Waals surface area contributed by atoms with Crippen molar-refractivity contribution in [3.8, 4) is 0 Å². The summed E-state index contributed by atoms with van der Waals surface area (Å²) in [6, 6.07) is 12.3. The Morgan fingerprint density at radius 2 is 1.96 bits per heavy atom. The Morgan fingerprint density at radius 1 is 1.19 bits per heavy atom. The van der Waals surface area contributed by atoms with Crippen molar-refractivity contribution in [2.24, 2.45) is 0 Å². The van der Waals surface area contributed by atoms with Crippen LogP contribution in [0.5, 0.6) is 0 Å². The Labute approximate surface area is 155 Å². The molecule has 0 fully saturated rings. The van der Waals surface area contributed by atoms with Crippen LogP contribution in [-0.4, -0.2) is 5.97 Å². The predicted molar refractivity (Wildman–Crippen MR) is 102 cm³/mol. The predicted octanol–water partition coefficient (Wildman–Crippen LogP) is 4.82. The van der Waals surface area contributed by atoms with Gasteiger partial charge in [-0.25, -0.2) is 9.59 Å². The summed E-state index contributed by atoms with van der Waals surface area (Å²) in [5, 5.41) is 1.31. The first-order chi connectivity index (χ1) is 12.5. The highest BCUT2D eigenvalue weighted by atomic mass is 35.5.